The lowest BCUT2D eigenvalue weighted by Crippen LogP contribution is -2.48. The van der Waals surface area contributed by atoms with Crippen molar-refractivity contribution in [2.24, 2.45) is 0 Å². The van der Waals surface area contributed by atoms with Crippen molar-refractivity contribution in [3.63, 3.8) is 0 Å². The number of carbonyl (C=O) groups is 2. The number of para-hydroxylation sites is 2. The molecular formula is C21H24BrN3O3. The fourth-order valence-corrected chi connectivity index (χ4v) is 3.68. The molecule has 2 amide bonds. The number of rotatable bonds is 5. The zero-order valence-corrected chi connectivity index (χ0v) is 17.7. The van der Waals surface area contributed by atoms with Gasteiger partial charge < -0.3 is 19.9 Å². The minimum atomic E-state index is -0.231. The van der Waals surface area contributed by atoms with Gasteiger partial charge in [0.1, 0.15) is 5.75 Å². The number of methoxy groups -OCH3 is 1. The van der Waals surface area contributed by atoms with Crippen molar-refractivity contribution < 1.29 is 14.3 Å². The molecule has 2 aromatic carbocycles. The van der Waals surface area contributed by atoms with Crippen molar-refractivity contribution in [3.05, 3.63) is 52.5 Å². The number of benzene rings is 2. The van der Waals surface area contributed by atoms with Crippen molar-refractivity contribution in [1.82, 2.24) is 4.90 Å². The summed E-state index contributed by atoms with van der Waals surface area (Å²) in [5.74, 6) is 0.471. The van der Waals surface area contributed by atoms with E-state index in [9.17, 15) is 9.59 Å². The number of hydrogen-bond donors (Lipinski definition) is 1. The van der Waals surface area contributed by atoms with E-state index in [1.807, 2.05) is 42.2 Å². The summed E-state index contributed by atoms with van der Waals surface area (Å²) in [6.07, 6.45) is 0.529. The van der Waals surface area contributed by atoms with Crippen molar-refractivity contribution in [2.75, 3.05) is 43.5 Å². The number of amides is 2. The van der Waals surface area contributed by atoms with Gasteiger partial charge in [-0.3, -0.25) is 9.59 Å². The van der Waals surface area contributed by atoms with Crippen LogP contribution >= 0.6 is 15.9 Å². The van der Waals surface area contributed by atoms with Gasteiger partial charge in [0.2, 0.25) is 5.91 Å². The number of nitrogens with zero attached hydrogens (tertiary/aromatic N) is 2. The number of piperazine rings is 1. The van der Waals surface area contributed by atoms with Crippen LogP contribution in [0.1, 0.15) is 23.7 Å². The number of carbonyl (C=O) groups excluding carboxylic acids is 2. The molecule has 3 rings (SSSR count). The Morgan fingerprint density at radius 3 is 2.50 bits per heavy atom. The summed E-state index contributed by atoms with van der Waals surface area (Å²) in [6.45, 7) is 4.73. The monoisotopic (exact) mass is 445 g/mol. The second-order valence-corrected chi connectivity index (χ2v) is 7.45. The quantitative estimate of drug-likeness (QED) is 0.760. The Kier molecular flexibility index (Phi) is 6.57. The molecule has 0 spiro atoms. The van der Waals surface area contributed by atoms with Crippen molar-refractivity contribution >= 4 is 39.1 Å². The van der Waals surface area contributed by atoms with Crippen LogP contribution in [0.3, 0.4) is 0 Å². The van der Waals surface area contributed by atoms with Gasteiger partial charge in [-0.15, -0.1) is 0 Å². The van der Waals surface area contributed by atoms with Gasteiger partial charge in [0.15, 0.2) is 0 Å². The molecule has 1 N–H and O–H groups in total. The maximum absolute atomic E-state index is 12.9. The van der Waals surface area contributed by atoms with Crippen LogP contribution in [0.4, 0.5) is 11.4 Å². The first-order valence-corrected chi connectivity index (χ1v) is 10.1. The first kappa shape index (κ1) is 20.2. The van der Waals surface area contributed by atoms with E-state index in [0.29, 0.717) is 30.8 Å². The van der Waals surface area contributed by atoms with Crippen LogP contribution in [0, 0.1) is 0 Å². The molecular weight excluding hydrogens is 422 g/mol. The second-order valence-electron chi connectivity index (χ2n) is 6.54. The molecule has 1 saturated heterocycles. The summed E-state index contributed by atoms with van der Waals surface area (Å²) in [5, 5.41) is 3.01. The van der Waals surface area contributed by atoms with E-state index in [1.165, 1.54) is 0 Å². The number of ether oxygens (including phenoxy) is 1. The molecule has 0 unspecified atom stereocenters. The normalized spacial score (nSPS) is 14.0. The van der Waals surface area contributed by atoms with Crippen LogP contribution in [0.5, 0.6) is 5.75 Å². The zero-order chi connectivity index (χ0) is 20.1. The van der Waals surface area contributed by atoms with Crippen LogP contribution in [-0.4, -0.2) is 50.0 Å². The van der Waals surface area contributed by atoms with E-state index in [0.717, 1.165) is 28.9 Å². The van der Waals surface area contributed by atoms with Crippen LogP contribution in [0.15, 0.2) is 46.9 Å². The Morgan fingerprint density at radius 2 is 1.82 bits per heavy atom. The molecule has 1 aliphatic rings. The Bertz CT molecular complexity index is 864. The predicted molar refractivity (Wildman–Crippen MR) is 114 cm³/mol. The average molecular weight is 446 g/mol. The van der Waals surface area contributed by atoms with E-state index in [2.05, 4.69) is 26.1 Å². The highest BCUT2D eigenvalue weighted by molar-refractivity contribution is 9.10. The topological polar surface area (TPSA) is 61.9 Å². The summed E-state index contributed by atoms with van der Waals surface area (Å²) >= 11 is 3.40. The van der Waals surface area contributed by atoms with Crippen molar-refractivity contribution in [3.8, 4) is 5.75 Å². The third kappa shape index (κ3) is 4.47. The Morgan fingerprint density at radius 1 is 1.11 bits per heavy atom. The highest BCUT2D eigenvalue weighted by Crippen LogP contribution is 2.29. The largest absolute Gasteiger partial charge is 0.496 e. The Hall–Kier alpha value is -2.54. The van der Waals surface area contributed by atoms with E-state index in [4.69, 9.17) is 4.74 Å². The molecule has 0 saturated carbocycles. The Labute approximate surface area is 173 Å². The summed E-state index contributed by atoms with van der Waals surface area (Å²) in [6, 6.07) is 13.1. The third-order valence-corrected chi connectivity index (χ3v) is 5.33. The first-order valence-electron chi connectivity index (χ1n) is 9.30. The highest BCUT2D eigenvalue weighted by atomic mass is 79.9. The van der Waals surface area contributed by atoms with E-state index in [1.54, 1.807) is 19.2 Å². The van der Waals surface area contributed by atoms with Crippen LogP contribution in [0.2, 0.25) is 0 Å². The summed E-state index contributed by atoms with van der Waals surface area (Å²) < 4.78 is 6.13. The lowest BCUT2D eigenvalue weighted by atomic mass is 10.1. The van der Waals surface area contributed by atoms with Crippen LogP contribution < -0.4 is 15.0 Å². The minimum absolute atomic E-state index is 0.183. The summed E-state index contributed by atoms with van der Waals surface area (Å²) in [5.41, 5.74) is 2.16. The fourth-order valence-electron chi connectivity index (χ4n) is 3.32. The van der Waals surface area contributed by atoms with Gasteiger partial charge in [-0.1, -0.05) is 35.0 Å². The molecule has 1 heterocycles. The molecule has 2 aromatic rings. The van der Waals surface area contributed by atoms with Gasteiger partial charge in [0.05, 0.1) is 24.0 Å². The minimum Gasteiger partial charge on any atom is -0.496 e. The summed E-state index contributed by atoms with van der Waals surface area (Å²) in [7, 11) is 1.55. The molecule has 0 aliphatic carbocycles. The third-order valence-electron chi connectivity index (χ3n) is 4.83. The molecule has 7 heteroatoms. The molecule has 1 fully saturated rings. The lowest BCUT2D eigenvalue weighted by molar-refractivity contribution is -0.131. The number of nitrogens with one attached hydrogen (secondary N) is 1. The highest BCUT2D eigenvalue weighted by Gasteiger charge is 2.22. The molecule has 6 nitrogen and oxygen atoms in total. The van der Waals surface area contributed by atoms with Crippen molar-refractivity contribution in [1.29, 1.82) is 0 Å². The second kappa shape index (κ2) is 9.10. The predicted octanol–water partition coefficient (Wildman–Crippen LogP) is 3.77. The number of hydrogen-bond acceptors (Lipinski definition) is 4. The fraction of sp³-hybridized carbons (Fsp3) is 0.333. The van der Waals surface area contributed by atoms with Crippen LogP contribution in [-0.2, 0) is 4.79 Å². The van der Waals surface area contributed by atoms with Crippen molar-refractivity contribution in [2.45, 2.75) is 13.3 Å². The molecule has 28 heavy (non-hydrogen) atoms. The van der Waals surface area contributed by atoms with Gasteiger partial charge in [-0.2, -0.15) is 0 Å². The van der Waals surface area contributed by atoms with Gasteiger partial charge in [-0.05, 0) is 30.3 Å². The van der Waals surface area contributed by atoms with Crippen LogP contribution in [0.25, 0.3) is 0 Å². The lowest BCUT2D eigenvalue weighted by Gasteiger charge is -2.36. The molecule has 0 atom stereocenters. The molecule has 1 aliphatic heterocycles. The molecule has 0 bridgehead atoms. The number of halogens is 1. The Balaban J connectivity index is 1.77. The maximum atomic E-state index is 12.9. The zero-order valence-electron chi connectivity index (χ0n) is 16.1. The molecule has 0 radical (unpaired) electrons. The van der Waals surface area contributed by atoms with Gasteiger partial charge in [0, 0.05) is 37.1 Å². The first-order chi connectivity index (χ1) is 13.5. The standard InChI is InChI=1S/C21H24BrN3O3/c1-3-20(26)25-12-10-24(11-13-25)18-7-5-4-6-17(18)23-21(27)16-14-15(22)8-9-19(16)28-2/h4-9,14H,3,10-13H2,1-2H3,(H,23,27). The van der Waals surface area contributed by atoms with E-state index >= 15 is 0 Å². The SMILES string of the molecule is CCC(=O)N1CCN(c2ccccc2NC(=O)c2cc(Br)ccc2OC)CC1. The van der Waals surface area contributed by atoms with Gasteiger partial charge in [0.25, 0.3) is 5.91 Å². The molecule has 148 valence electrons. The maximum Gasteiger partial charge on any atom is 0.259 e. The molecule has 0 aromatic heterocycles. The number of anilines is 2. The van der Waals surface area contributed by atoms with E-state index in [-0.39, 0.29) is 11.8 Å². The van der Waals surface area contributed by atoms with Gasteiger partial charge >= 0.3 is 0 Å². The average Bonchev–Trinajstić information content (AvgIpc) is 2.73. The summed E-state index contributed by atoms with van der Waals surface area (Å²) in [4.78, 5) is 28.9. The van der Waals surface area contributed by atoms with E-state index < -0.39 is 0 Å². The van der Waals surface area contributed by atoms with Gasteiger partial charge in [-0.25, -0.2) is 0 Å². The smallest absolute Gasteiger partial charge is 0.259 e.